The number of piperidine rings is 1. The van der Waals surface area contributed by atoms with Gasteiger partial charge in [0, 0.05) is 35.8 Å². The first-order valence-corrected chi connectivity index (χ1v) is 8.28. The summed E-state index contributed by atoms with van der Waals surface area (Å²) in [4.78, 5) is 14.6. The number of hydrogen-bond donors (Lipinski definition) is 1. The van der Waals surface area contributed by atoms with Crippen LogP contribution >= 0.6 is 11.6 Å². The third kappa shape index (κ3) is 3.23. The summed E-state index contributed by atoms with van der Waals surface area (Å²) in [5.74, 6) is 0.850. The first-order chi connectivity index (χ1) is 10.6. The number of methoxy groups -OCH3 is 1. The monoisotopic (exact) mass is 322 g/mol. The van der Waals surface area contributed by atoms with E-state index in [9.17, 15) is 4.79 Å². The molecule has 2 saturated heterocycles. The van der Waals surface area contributed by atoms with E-state index >= 15 is 0 Å². The van der Waals surface area contributed by atoms with E-state index < -0.39 is 0 Å². The molecule has 5 heteroatoms. The average Bonchev–Trinajstić information content (AvgIpc) is 2.85. The largest absolute Gasteiger partial charge is 0.496 e. The minimum Gasteiger partial charge on any atom is -0.496 e. The van der Waals surface area contributed by atoms with Gasteiger partial charge in [-0.15, -0.1) is 0 Å². The second kappa shape index (κ2) is 6.47. The summed E-state index contributed by atoms with van der Waals surface area (Å²) in [6, 6.07) is 6.92. The van der Waals surface area contributed by atoms with E-state index in [1.165, 1.54) is 12.8 Å². The molecule has 2 unspecified atom stereocenters. The van der Waals surface area contributed by atoms with Crippen molar-refractivity contribution in [1.82, 2.24) is 10.2 Å². The van der Waals surface area contributed by atoms with Crippen LogP contribution in [-0.2, 0) is 11.2 Å². The van der Waals surface area contributed by atoms with E-state index in [0.717, 1.165) is 24.2 Å². The maximum atomic E-state index is 12.6. The van der Waals surface area contributed by atoms with Gasteiger partial charge >= 0.3 is 0 Å². The summed E-state index contributed by atoms with van der Waals surface area (Å²) in [5, 5.41) is 4.24. The Balaban J connectivity index is 1.67. The molecule has 22 heavy (non-hydrogen) atoms. The molecule has 3 rings (SSSR count). The fourth-order valence-corrected chi connectivity index (χ4v) is 3.91. The van der Waals surface area contributed by atoms with Crippen molar-refractivity contribution in [1.29, 1.82) is 0 Å². The van der Waals surface area contributed by atoms with Crippen molar-refractivity contribution < 1.29 is 9.53 Å². The third-order valence-corrected chi connectivity index (χ3v) is 5.21. The topological polar surface area (TPSA) is 41.6 Å². The molecule has 2 aliphatic heterocycles. The quantitative estimate of drug-likeness (QED) is 0.926. The van der Waals surface area contributed by atoms with Crippen LogP contribution in [0.3, 0.4) is 0 Å². The van der Waals surface area contributed by atoms with Gasteiger partial charge in [-0.3, -0.25) is 4.79 Å². The van der Waals surface area contributed by atoms with E-state index in [4.69, 9.17) is 16.3 Å². The van der Waals surface area contributed by atoms with Gasteiger partial charge in [0.15, 0.2) is 0 Å². The maximum Gasteiger partial charge on any atom is 0.227 e. The number of carbonyl (C=O) groups excluding carboxylic acids is 1. The molecule has 2 bridgehead atoms. The predicted octanol–water partition coefficient (Wildman–Crippen LogP) is 2.63. The van der Waals surface area contributed by atoms with E-state index in [1.807, 2.05) is 24.1 Å². The first-order valence-electron chi connectivity index (χ1n) is 7.91. The molecule has 1 N–H and O–H groups in total. The number of nitrogens with zero attached hydrogens (tertiary/aromatic N) is 1. The summed E-state index contributed by atoms with van der Waals surface area (Å²) in [7, 11) is 3.54. The van der Waals surface area contributed by atoms with Gasteiger partial charge in [0.1, 0.15) is 5.75 Å². The molecular weight excluding hydrogens is 300 g/mol. The van der Waals surface area contributed by atoms with Crippen LogP contribution in [0.5, 0.6) is 5.75 Å². The average molecular weight is 323 g/mol. The molecule has 0 aliphatic carbocycles. The zero-order chi connectivity index (χ0) is 15.7. The number of hydrogen-bond acceptors (Lipinski definition) is 3. The van der Waals surface area contributed by atoms with Gasteiger partial charge in [0.2, 0.25) is 5.91 Å². The number of likely N-dealkylation sites (N-methyl/N-ethyl adjacent to an activating group) is 1. The molecule has 1 aromatic carbocycles. The number of rotatable bonds is 4. The summed E-state index contributed by atoms with van der Waals surface area (Å²) >= 11 is 6.04. The van der Waals surface area contributed by atoms with E-state index in [0.29, 0.717) is 29.6 Å². The Hall–Kier alpha value is -1.26. The summed E-state index contributed by atoms with van der Waals surface area (Å²) in [6.07, 6.45) is 4.94. The fourth-order valence-electron chi connectivity index (χ4n) is 3.72. The second-order valence-corrected chi connectivity index (χ2v) is 6.84. The Morgan fingerprint density at radius 3 is 2.68 bits per heavy atom. The number of halogens is 1. The SMILES string of the molecule is COc1ccc(Cl)cc1CC(=O)N(C)C1CC2CCC(C1)N2. The fraction of sp³-hybridized carbons (Fsp3) is 0.588. The molecule has 2 aliphatic rings. The van der Waals surface area contributed by atoms with Crippen LogP contribution in [-0.4, -0.2) is 43.1 Å². The normalized spacial score (nSPS) is 26.8. The number of amides is 1. The van der Waals surface area contributed by atoms with E-state index in [1.54, 1.807) is 13.2 Å². The molecule has 120 valence electrons. The molecule has 1 aromatic rings. The molecule has 0 radical (unpaired) electrons. The minimum atomic E-state index is 0.131. The Morgan fingerprint density at radius 1 is 1.36 bits per heavy atom. The van der Waals surface area contributed by atoms with Gasteiger partial charge in [-0.2, -0.15) is 0 Å². The van der Waals surface area contributed by atoms with Crippen molar-refractivity contribution in [3.05, 3.63) is 28.8 Å². The lowest BCUT2D eigenvalue weighted by Crippen LogP contribution is -2.49. The highest BCUT2D eigenvalue weighted by molar-refractivity contribution is 6.30. The van der Waals surface area contributed by atoms with Crippen LogP contribution in [0.1, 0.15) is 31.2 Å². The van der Waals surface area contributed by atoms with Crippen LogP contribution in [0.25, 0.3) is 0 Å². The Kier molecular flexibility index (Phi) is 4.59. The Morgan fingerprint density at radius 2 is 2.05 bits per heavy atom. The van der Waals surface area contributed by atoms with Crippen LogP contribution in [0.2, 0.25) is 5.02 Å². The number of benzene rings is 1. The third-order valence-electron chi connectivity index (χ3n) is 4.97. The van der Waals surface area contributed by atoms with Gasteiger partial charge in [0.05, 0.1) is 13.5 Å². The molecule has 2 heterocycles. The van der Waals surface area contributed by atoms with Gasteiger partial charge in [0.25, 0.3) is 0 Å². The molecular formula is C17H23ClN2O2. The lowest BCUT2D eigenvalue weighted by molar-refractivity contribution is -0.131. The number of nitrogens with one attached hydrogen (secondary N) is 1. The molecule has 0 saturated carbocycles. The van der Waals surface area contributed by atoms with Crippen LogP contribution in [0.15, 0.2) is 18.2 Å². The Labute approximate surface area is 136 Å². The number of ether oxygens (including phenoxy) is 1. The lowest BCUT2D eigenvalue weighted by Gasteiger charge is -2.35. The van der Waals surface area contributed by atoms with Crippen molar-refractivity contribution >= 4 is 17.5 Å². The van der Waals surface area contributed by atoms with Crippen molar-refractivity contribution in [3.63, 3.8) is 0 Å². The molecule has 1 amide bonds. The zero-order valence-corrected chi connectivity index (χ0v) is 13.9. The molecule has 2 atom stereocenters. The van der Waals surface area contributed by atoms with Crippen LogP contribution < -0.4 is 10.1 Å². The van der Waals surface area contributed by atoms with Gasteiger partial charge < -0.3 is 15.0 Å². The van der Waals surface area contributed by atoms with Crippen molar-refractivity contribution in [2.75, 3.05) is 14.2 Å². The van der Waals surface area contributed by atoms with E-state index in [2.05, 4.69) is 5.32 Å². The van der Waals surface area contributed by atoms with Gasteiger partial charge in [-0.05, 0) is 43.9 Å². The van der Waals surface area contributed by atoms with Crippen LogP contribution in [0, 0.1) is 0 Å². The molecule has 2 fully saturated rings. The number of fused-ring (bicyclic) bond motifs is 2. The van der Waals surface area contributed by atoms with Crippen molar-refractivity contribution in [3.8, 4) is 5.75 Å². The van der Waals surface area contributed by atoms with E-state index in [-0.39, 0.29) is 5.91 Å². The summed E-state index contributed by atoms with van der Waals surface area (Å²) in [5.41, 5.74) is 0.851. The minimum absolute atomic E-state index is 0.131. The highest BCUT2D eigenvalue weighted by Crippen LogP contribution is 2.30. The Bertz CT molecular complexity index is 552. The highest BCUT2D eigenvalue weighted by atomic mass is 35.5. The second-order valence-electron chi connectivity index (χ2n) is 6.40. The van der Waals surface area contributed by atoms with Crippen molar-refractivity contribution in [2.24, 2.45) is 0 Å². The molecule has 4 nitrogen and oxygen atoms in total. The van der Waals surface area contributed by atoms with Gasteiger partial charge in [-0.25, -0.2) is 0 Å². The first kappa shape index (κ1) is 15.6. The van der Waals surface area contributed by atoms with Crippen molar-refractivity contribution in [2.45, 2.75) is 50.2 Å². The highest BCUT2D eigenvalue weighted by Gasteiger charge is 2.36. The standard InChI is InChI=1S/C17H23ClN2O2/c1-20(15-9-13-4-5-14(10-15)19-13)17(21)8-11-7-12(18)3-6-16(11)22-2/h3,6-7,13-15,19H,4-5,8-10H2,1-2H3. The predicted molar refractivity (Wildman–Crippen MR) is 87.4 cm³/mol. The number of carbonyl (C=O) groups is 1. The lowest BCUT2D eigenvalue weighted by atomic mass is 9.98. The smallest absolute Gasteiger partial charge is 0.227 e. The summed E-state index contributed by atoms with van der Waals surface area (Å²) < 4.78 is 5.33. The van der Waals surface area contributed by atoms with Crippen LogP contribution in [0.4, 0.5) is 0 Å². The van der Waals surface area contributed by atoms with Gasteiger partial charge in [-0.1, -0.05) is 11.6 Å². The zero-order valence-electron chi connectivity index (χ0n) is 13.1. The summed E-state index contributed by atoms with van der Waals surface area (Å²) in [6.45, 7) is 0. The maximum absolute atomic E-state index is 12.6. The molecule has 0 spiro atoms. The molecule has 0 aromatic heterocycles.